The van der Waals surface area contributed by atoms with Crippen LogP contribution in [0.1, 0.15) is 103 Å². The molecule has 0 aliphatic carbocycles. The van der Waals surface area contributed by atoms with Crippen molar-refractivity contribution in [2.75, 3.05) is 6.61 Å². The molecule has 0 aliphatic rings. The second kappa shape index (κ2) is 19.4. The highest BCUT2D eigenvalue weighted by molar-refractivity contribution is 5.80. The number of aliphatic hydroxyl groups excluding tert-OH is 1. The van der Waals surface area contributed by atoms with Crippen LogP contribution in [0, 0.1) is 0 Å². The van der Waals surface area contributed by atoms with Gasteiger partial charge in [-0.3, -0.25) is 4.79 Å². The summed E-state index contributed by atoms with van der Waals surface area (Å²) in [5.74, 6) is -2.05. The molecule has 158 valence electrons. The second-order valence-electron chi connectivity index (χ2n) is 7.22. The first-order valence-corrected chi connectivity index (χ1v) is 10.8. The molecule has 0 amide bonds. The molecule has 27 heavy (non-hydrogen) atoms. The molecule has 2 N–H and O–H groups in total. The van der Waals surface area contributed by atoms with Gasteiger partial charge in [0.2, 0.25) is 0 Å². The molecule has 0 aromatic rings. The van der Waals surface area contributed by atoms with E-state index in [1.165, 1.54) is 70.6 Å². The summed E-state index contributed by atoms with van der Waals surface area (Å²) < 4.78 is 4.91. The number of aliphatic carboxylic acids is 1. The highest BCUT2D eigenvalue weighted by Gasteiger charge is 2.18. The second-order valence-corrected chi connectivity index (χ2v) is 7.22. The van der Waals surface area contributed by atoms with Gasteiger partial charge < -0.3 is 14.9 Å². The Morgan fingerprint density at radius 1 is 0.815 bits per heavy atom. The van der Waals surface area contributed by atoms with Gasteiger partial charge in [-0.1, -0.05) is 76.9 Å². The Hall–Kier alpha value is -1.36. The molecular formula is C22H40O5. The largest absolute Gasteiger partial charge is 0.479 e. The molecule has 1 atom stereocenters. The van der Waals surface area contributed by atoms with E-state index < -0.39 is 24.5 Å². The lowest BCUT2D eigenvalue weighted by Crippen LogP contribution is -2.24. The van der Waals surface area contributed by atoms with E-state index in [-0.39, 0.29) is 0 Å². The van der Waals surface area contributed by atoms with Crippen molar-refractivity contribution in [3.63, 3.8) is 0 Å². The Balaban J connectivity index is 3.25. The molecule has 0 saturated heterocycles. The monoisotopic (exact) mass is 384 g/mol. The van der Waals surface area contributed by atoms with Gasteiger partial charge in [0, 0.05) is 0 Å². The summed E-state index contributed by atoms with van der Waals surface area (Å²) in [4.78, 5) is 21.7. The summed E-state index contributed by atoms with van der Waals surface area (Å²) in [5, 5.41) is 17.5. The number of carboxylic acid groups (broad SMARTS) is 1. The lowest BCUT2D eigenvalue weighted by Gasteiger charge is -2.06. The maximum absolute atomic E-state index is 11.3. The van der Waals surface area contributed by atoms with Gasteiger partial charge >= 0.3 is 11.9 Å². The molecule has 0 rings (SSSR count). The molecule has 0 saturated carbocycles. The Morgan fingerprint density at radius 3 is 1.81 bits per heavy atom. The Kier molecular flexibility index (Phi) is 18.4. The maximum Gasteiger partial charge on any atom is 0.333 e. The number of esters is 1. The number of carboxylic acids is 1. The van der Waals surface area contributed by atoms with Crippen LogP contribution in [0.5, 0.6) is 0 Å². The van der Waals surface area contributed by atoms with Crippen LogP contribution >= 0.6 is 0 Å². The van der Waals surface area contributed by atoms with Gasteiger partial charge in [0.05, 0.1) is 13.0 Å². The van der Waals surface area contributed by atoms with Crippen molar-refractivity contribution in [1.29, 1.82) is 0 Å². The van der Waals surface area contributed by atoms with E-state index in [0.717, 1.165) is 19.3 Å². The van der Waals surface area contributed by atoms with Crippen molar-refractivity contribution in [3.05, 3.63) is 12.2 Å². The highest BCUT2D eigenvalue weighted by atomic mass is 16.5. The number of aliphatic hydroxyl groups is 1. The summed E-state index contributed by atoms with van der Waals surface area (Å²) in [6.45, 7) is 2.55. The number of ether oxygens (including phenoxy) is 1. The maximum atomic E-state index is 11.3. The summed E-state index contributed by atoms with van der Waals surface area (Å²) in [5.41, 5.74) is 0. The minimum absolute atomic E-state index is 0.298. The van der Waals surface area contributed by atoms with Crippen molar-refractivity contribution in [3.8, 4) is 0 Å². The molecule has 0 bridgehead atoms. The number of carbonyl (C=O) groups excluding carboxylic acids is 1. The minimum atomic E-state index is -1.67. The standard InChI is InChI=1S/C22H40O5/c1-2-3-4-5-6-7-8-9-10-11-12-13-14-15-16-17-18-27-21(24)19-20(23)22(25)26/h9-10,20,23H,2-8,11-19H2,1H3,(H,25,26)/b10-9-. The van der Waals surface area contributed by atoms with Crippen LogP contribution in [0.15, 0.2) is 12.2 Å². The zero-order valence-electron chi connectivity index (χ0n) is 17.2. The number of unbranched alkanes of at least 4 members (excludes halogenated alkanes) is 12. The molecule has 0 aromatic carbocycles. The van der Waals surface area contributed by atoms with Gasteiger partial charge in [-0.2, -0.15) is 0 Å². The minimum Gasteiger partial charge on any atom is -0.479 e. The fourth-order valence-electron chi connectivity index (χ4n) is 2.84. The van der Waals surface area contributed by atoms with Gasteiger partial charge in [0.1, 0.15) is 0 Å². The quantitative estimate of drug-likeness (QED) is 0.177. The van der Waals surface area contributed by atoms with Gasteiger partial charge in [-0.15, -0.1) is 0 Å². The fourth-order valence-corrected chi connectivity index (χ4v) is 2.84. The van der Waals surface area contributed by atoms with Crippen LogP contribution in [-0.2, 0) is 14.3 Å². The number of allylic oxidation sites excluding steroid dienone is 2. The van der Waals surface area contributed by atoms with E-state index in [1.807, 2.05) is 0 Å². The van der Waals surface area contributed by atoms with Gasteiger partial charge in [-0.25, -0.2) is 4.79 Å². The van der Waals surface area contributed by atoms with Crippen LogP contribution in [0.2, 0.25) is 0 Å². The van der Waals surface area contributed by atoms with Crippen LogP contribution in [0.3, 0.4) is 0 Å². The average Bonchev–Trinajstić information content (AvgIpc) is 2.64. The zero-order chi connectivity index (χ0) is 20.2. The molecule has 5 heteroatoms. The number of hydrogen-bond acceptors (Lipinski definition) is 4. The summed E-state index contributed by atoms with van der Waals surface area (Å²) in [6.07, 6.45) is 19.6. The van der Waals surface area contributed by atoms with E-state index in [0.29, 0.717) is 6.61 Å². The van der Waals surface area contributed by atoms with E-state index >= 15 is 0 Å². The molecule has 0 fully saturated rings. The van der Waals surface area contributed by atoms with Gasteiger partial charge in [0.25, 0.3) is 0 Å². The first-order chi connectivity index (χ1) is 13.1. The van der Waals surface area contributed by atoms with Crippen molar-refractivity contribution in [2.45, 2.75) is 109 Å². The zero-order valence-corrected chi connectivity index (χ0v) is 17.2. The van der Waals surface area contributed by atoms with E-state index in [2.05, 4.69) is 19.1 Å². The van der Waals surface area contributed by atoms with Crippen molar-refractivity contribution in [1.82, 2.24) is 0 Å². The number of rotatable bonds is 19. The lowest BCUT2D eigenvalue weighted by atomic mass is 10.1. The molecule has 0 radical (unpaired) electrons. The molecule has 1 unspecified atom stereocenters. The average molecular weight is 385 g/mol. The Labute approximate surface area is 165 Å². The highest BCUT2D eigenvalue weighted by Crippen LogP contribution is 2.10. The predicted molar refractivity (Wildman–Crippen MR) is 109 cm³/mol. The molecule has 0 heterocycles. The van der Waals surface area contributed by atoms with Crippen LogP contribution in [0.4, 0.5) is 0 Å². The lowest BCUT2D eigenvalue weighted by molar-refractivity contribution is -0.155. The van der Waals surface area contributed by atoms with E-state index in [4.69, 9.17) is 14.9 Å². The van der Waals surface area contributed by atoms with Crippen LogP contribution in [0.25, 0.3) is 0 Å². The first kappa shape index (κ1) is 25.6. The topological polar surface area (TPSA) is 83.8 Å². The third kappa shape index (κ3) is 19.2. The van der Waals surface area contributed by atoms with Gasteiger partial charge in [-0.05, 0) is 32.1 Å². The van der Waals surface area contributed by atoms with Crippen molar-refractivity contribution in [2.24, 2.45) is 0 Å². The smallest absolute Gasteiger partial charge is 0.333 e. The molecule has 0 aliphatic heterocycles. The van der Waals surface area contributed by atoms with E-state index in [9.17, 15) is 9.59 Å². The SMILES string of the molecule is CCCCCCCC/C=C\CCCCCCCCOC(=O)CC(O)C(=O)O. The third-order valence-corrected chi connectivity index (χ3v) is 4.56. The molecular weight excluding hydrogens is 344 g/mol. The molecule has 5 nitrogen and oxygen atoms in total. The van der Waals surface area contributed by atoms with Crippen LogP contribution in [-0.4, -0.2) is 34.9 Å². The van der Waals surface area contributed by atoms with Crippen molar-refractivity contribution >= 4 is 11.9 Å². The summed E-state index contributed by atoms with van der Waals surface area (Å²) in [6, 6.07) is 0. The third-order valence-electron chi connectivity index (χ3n) is 4.56. The van der Waals surface area contributed by atoms with E-state index in [1.54, 1.807) is 0 Å². The summed E-state index contributed by atoms with van der Waals surface area (Å²) >= 11 is 0. The normalized spacial score (nSPS) is 12.4. The predicted octanol–water partition coefficient (Wildman–Crippen LogP) is 5.40. The molecule has 0 spiro atoms. The van der Waals surface area contributed by atoms with Crippen LogP contribution < -0.4 is 0 Å². The Morgan fingerprint density at radius 2 is 1.30 bits per heavy atom. The number of hydrogen-bond donors (Lipinski definition) is 2. The summed E-state index contributed by atoms with van der Waals surface area (Å²) in [7, 11) is 0. The number of carbonyl (C=O) groups is 2. The Bertz CT molecular complexity index is 392. The van der Waals surface area contributed by atoms with Crippen molar-refractivity contribution < 1.29 is 24.5 Å². The molecule has 0 aromatic heterocycles. The first-order valence-electron chi connectivity index (χ1n) is 10.8. The van der Waals surface area contributed by atoms with Gasteiger partial charge in [0.15, 0.2) is 6.10 Å². The fraction of sp³-hybridized carbons (Fsp3) is 0.818.